The molecule has 0 fully saturated rings. The van der Waals surface area contributed by atoms with Crippen LogP contribution in [0.3, 0.4) is 0 Å². The topological polar surface area (TPSA) is 80.5 Å². The van der Waals surface area contributed by atoms with Crippen molar-refractivity contribution in [2.45, 2.75) is 12.0 Å². The smallest absolute Gasteiger partial charge is 0.308 e. The van der Waals surface area contributed by atoms with Gasteiger partial charge in [0.1, 0.15) is 0 Å². The first-order valence-corrected chi connectivity index (χ1v) is 7.09. The summed E-state index contributed by atoms with van der Waals surface area (Å²) < 4.78 is 0. The van der Waals surface area contributed by atoms with Gasteiger partial charge in [0.05, 0.1) is 12.1 Å². The average molecular weight is 310 g/mol. The third-order valence-electron chi connectivity index (χ3n) is 4.16. The summed E-state index contributed by atoms with van der Waals surface area (Å²) in [6.07, 6.45) is -0.267. The molecule has 0 bridgehead atoms. The second-order valence-electron chi connectivity index (χ2n) is 5.49. The van der Waals surface area contributed by atoms with E-state index in [1.807, 2.05) is 0 Å². The van der Waals surface area contributed by atoms with Crippen molar-refractivity contribution in [3.8, 4) is 0 Å². The Morgan fingerprint density at radius 1 is 1.04 bits per heavy atom. The Hall–Kier alpha value is -3.02. The number of para-hydroxylation sites is 1. The second kappa shape index (κ2) is 5.31. The van der Waals surface area contributed by atoms with Gasteiger partial charge in [0, 0.05) is 17.5 Å². The molecule has 23 heavy (non-hydrogen) atoms. The number of benzene rings is 2. The monoisotopic (exact) mass is 310 g/mol. The number of rotatable bonds is 3. The number of ketones is 1. The molecule has 6 heteroatoms. The van der Waals surface area contributed by atoms with Crippen molar-refractivity contribution >= 4 is 17.4 Å². The molecule has 1 heterocycles. The molecule has 1 aliphatic rings. The number of anilines is 1. The zero-order valence-electron chi connectivity index (χ0n) is 12.4. The first-order valence-electron chi connectivity index (χ1n) is 7.09. The molecule has 1 unspecified atom stereocenters. The van der Waals surface area contributed by atoms with Crippen molar-refractivity contribution in [1.29, 1.82) is 0 Å². The molecule has 116 valence electrons. The zero-order chi connectivity index (χ0) is 16.6. The van der Waals surface area contributed by atoms with Crippen LogP contribution in [0.4, 0.5) is 5.69 Å². The predicted octanol–water partition coefficient (Wildman–Crippen LogP) is 2.10. The van der Waals surface area contributed by atoms with E-state index in [0.29, 0.717) is 11.3 Å². The zero-order valence-corrected chi connectivity index (χ0v) is 12.4. The van der Waals surface area contributed by atoms with Gasteiger partial charge in [-0.25, -0.2) is 0 Å². The van der Waals surface area contributed by atoms with E-state index in [1.54, 1.807) is 48.5 Å². The molecule has 1 atom stereocenters. The Morgan fingerprint density at radius 3 is 2.30 bits per heavy atom. The molecule has 2 aromatic carbocycles. The lowest BCUT2D eigenvalue weighted by atomic mass is 9.79. The Kier molecular flexibility index (Phi) is 3.44. The highest BCUT2D eigenvalue weighted by Crippen LogP contribution is 2.35. The number of hydrogen-bond acceptors (Lipinski definition) is 4. The van der Waals surface area contributed by atoms with E-state index < -0.39 is 22.2 Å². The molecular formula is C17H14N2O4. The summed E-state index contributed by atoms with van der Waals surface area (Å²) in [4.78, 5) is 37.8. The number of likely N-dealkylation sites (N-methyl/N-ethyl adjacent to an activating group) is 1. The summed E-state index contributed by atoms with van der Waals surface area (Å²) in [5.74, 6) is -1.57. The molecular weight excluding hydrogens is 296 g/mol. The summed E-state index contributed by atoms with van der Waals surface area (Å²) in [7, 11) is 1.46. The lowest BCUT2D eigenvalue weighted by molar-refractivity contribution is -0.532. The SMILES string of the molecule is CN1C(=O)C(Cc2ccccc2)([N+](=O)[O-])C(=O)c2ccccc21. The number of carbonyl (C=O) groups is 2. The Balaban J connectivity index is 2.19. The maximum atomic E-state index is 12.9. The van der Waals surface area contributed by atoms with E-state index in [4.69, 9.17) is 0 Å². The van der Waals surface area contributed by atoms with Crippen LogP contribution in [-0.4, -0.2) is 29.2 Å². The average Bonchev–Trinajstić information content (AvgIpc) is 2.57. The van der Waals surface area contributed by atoms with Crippen molar-refractivity contribution in [3.63, 3.8) is 0 Å². The number of amides is 1. The Morgan fingerprint density at radius 2 is 1.65 bits per heavy atom. The van der Waals surface area contributed by atoms with E-state index >= 15 is 0 Å². The molecule has 0 radical (unpaired) electrons. The van der Waals surface area contributed by atoms with E-state index in [1.165, 1.54) is 18.0 Å². The third kappa shape index (κ3) is 2.11. The Labute approximate surface area is 132 Å². The molecule has 0 aromatic heterocycles. The lowest BCUT2D eigenvalue weighted by Crippen LogP contribution is -2.63. The van der Waals surface area contributed by atoms with Gasteiger partial charge in [-0.05, 0) is 17.7 Å². The fourth-order valence-electron chi connectivity index (χ4n) is 2.94. The molecule has 3 rings (SSSR count). The standard InChI is InChI=1S/C17H14N2O4/c1-18-14-10-6-5-9-13(14)15(20)17(16(18)21,19(22)23)11-12-7-3-2-4-8-12/h2-10H,11H2,1H3. The van der Waals surface area contributed by atoms with Crippen LogP contribution in [0.2, 0.25) is 0 Å². The van der Waals surface area contributed by atoms with Crippen LogP contribution >= 0.6 is 0 Å². The minimum absolute atomic E-state index is 0.197. The summed E-state index contributed by atoms with van der Waals surface area (Å²) in [5, 5.41) is 11.8. The lowest BCUT2D eigenvalue weighted by Gasteiger charge is -2.33. The minimum Gasteiger partial charge on any atom is -0.308 e. The van der Waals surface area contributed by atoms with Gasteiger partial charge in [-0.1, -0.05) is 42.5 Å². The number of nitro groups is 1. The summed E-state index contributed by atoms with van der Waals surface area (Å²) in [5.41, 5.74) is -1.15. The summed E-state index contributed by atoms with van der Waals surface area (Å²) in [6.45, 7) is 0. The van der Waals surface area contributed by atoms with E-state index in [0.717, 1.165) is 0 Å². The molecule has 6 nitrogen and oxygen atoms in total. The van der Waals surface area contributed by atoms with Crippen LogP contribution in [0.15, 0.2) is 54.6 Å². The first kappa shape index (κ1) is 14.9. The van der Waals surface area contributed by atoms with Gasteiger partial charge in [-0.3, -0.25) is 19.7 Å². The van der Waals surface area contributed by atoms with E-state index in [9.17, 15) is 19.7 Å². The summed E-state index contributed by atoms with van der Waals surface area (Å²) >= 11 is 0. The van der Waals surface area contributed by atoms with Gasteiger partial charge < -0.3 is 4.90 Å². The highest BCUT2D eigenvalue weighted by molar-refractivity contribution is 6.27. The fourth-order valence-corrected chi connectivity index (χ4v) is 2.94. The van der Waals surface area contributed by atoms with Crippen LogP contribution in [0.25, 0.3) is 0 Å². The van der Waals surface area contributed by atoms with Crippen molar-refractivity contribution in [3.05, 3.63) is 75.8 Å². The van der Waals surface area contributed by atoms with Crippen LogP contribution in [0.5, 0.6) is 0 Å². The molecule has 0 spiro atoms. The molecule has 0 saturated carbocycles. The van der Waals surface area contributed by atoms with Crippen LogP contribution in [0, 0.1) is 10.1 Å². The van der Waals surface area contributed by atoms with Gasteiger partial charge in [-0.2, -0.15) is 0 Å². The van der Waals surface area contributed by atoms with E-state index in [2.05, 4.69) is 0 Å². The van der Waals surface area contributed by atoms with Crippen LogP contribution in [-0.2, 0) is 11.2 Å². The highest BCUT2D eigenvalue weighted by atomic mass is 16.6. The quantitative estimate of drug-likeness (QED) is 0.494. The number of nitrogens with zero attached hydrogens (tertiary/aromatic N) is 2. The Bertz CT molecular complexity index is 803. The summed E-state index contributed by atoms with van der Waals surface area (Å²) in [6, 6.07) is 15.0. The largest absolute Gasteiger partial charge is 0.364 e. The van der Waals surface area contributed by atoms with Crippen LogP contribution in [0.1, 0.15) is 15.9 Å². The second-order valence-corrected chi connectivity index (χ2v) is 5.49. The van der Waals surface area contributed by atoms with Crippen molar-refractivity contribution in [2.24, 2.45) is 0 Å². The number of fused-ring (bicyclic) bond motifs is 1. The number of hydrogen-bond donors (Lipinski definition) is 0. The number of carbonyl (C=O) groups excluding carboxylic acids is 2. The van der Waals surface area contributed by atoms with Gasteiger partial charge in [-0.15, -0.1) is 0 Å². The van der Waals surface area contributed by atoms with Gasteiger partial charge in [0.2, 0.25) is 0 Å². The van der Waals surface area contributed by atoms with Crippen LogP contribution < -0.4 is 4.90 Å². The van der Waals surface area contributed by atoms with Gasteiger partial charge in [0.25, 0.3) is 5.78 Å². The molecule has 0 N–H and O–H groups in total. The van der Waals surface area contributed by atoms with Crippen molar-refractivity contribution in [1.82, 2.24) is 0 Å². The number of Topliss-reactive ketones (excluding diaryl/α,β-unsaturated/α-hetero) is 1. The van der Waals surface area contributed by atoms with Crippen molar-refractivity contribution in [2.75, 3.05) is 11.9 Å². The van der Waals surface area contributed by atoms with Crippen molar-refractivity contribution < 1.29 is 14.5 Å². The van der Waals surface area contributed by atoms with Gasteiger partial charge in [0.15, 0.2) is 0 Å². The highest BCUT2D eigenvalue weighted by Gasteiger charge is 2.62. The first-order chi connectivity index (χ1) is 11.0. The molecule has 0 aliphatic carbocycles. The molecule has 1 aliphatic heterocycles. The fraction of sp³-hybridized carbons (Fsp3) is 0.176. The maximum absolute atomic E-state index is 12.9. The molecule has 1 amide bonds. The predicted molar refractivity (Wildman–Crippen MR) is 84.1 cm³/mol. The normalized spacial score (nSPS) is 20.3. The van der Waals surface area contributed by atoms with E-state index in [-0.39, 0.29) is 12.0 Å². The van der Waals surface area contributed by atoms with Gasteiger partial charge >= 0.3 is 11.4 Å². The molecule has 0 saturated heterocycles. The third-order valence-corrected chi connectivity index (χ3v) is 4.16. The molecule has 2 aromatic rings. The maximum Gasteiger partial charge on any atom is 0.364 e. The minimum atomic E-state index is -2.32.